The molecule has 2 aliphatic rings. The average molecular weight is 677 g/mol. The Labute approximate surface area is 283 Å². The monoisotopic (exact) mass is 676 g/mol. The van der Waals surface area contributed by atoms with Gasteiger partial charge in [0.25, 0.3) is 0 Å². The standard InChI is InChI=1S/C18H18FNO2S.C18H20N2O2S.H3N/c2*19-14-4-6-15(7-5-14)23-16-3-1-2-13(12-16)18(17(20)21)8-10-22-11-9-18;/h1-7,12H,8-11H2,(H2,20,21);1-7,12H,8-11,19H2,(H2,20,21);1H3. The van der Waals surface area contributed by atoms with Crippen molar-refractivity contribution in [3.8, 4) is 0 Å². The van der Waals surface area contributed by atoms with Gasteiger partial charge in [-0.05, 0) is 110 Å². The molecule has 2 heterocycles. The number of halogens is 1. The van der Waals surface area contributed by atoms with E-state index in [1.165, 1.54) is 23.9 Å². The van der Waals surface area contributed by atoms with E-state index in [-0.39, 0.29) is 23.8 Å². The summed E-state index contributed by atoms with van der Waals surface area (Å²) >= 11 is 3.18. The minimum absolute atomic E-state index is 0. The summed E-state index contributed by atoms with van der Waals surface area (Å²) in [6.07, 6.45) is 2.48. The van der Waals surface area contributed by atoms with Crippen molar-refractivity contribution in [2.75, 3.05) is 32.2 Å². The van der Waals surface area contributed by atoms with Crippen LogP contribution in [0, 0.1) is 5.82 Å². The lowest BCUT2D eigenvalue weighted by Gasteiger charge is -2.34. The van der Waals surface area contributed by atoms with Crippen molar-refractivity contribution in [3.63, 3.8) is 0 Å². The normalized spacial score (nSPS) is 16.5. The number of nitrogen functional groups attached to an aromatic ring is 1. The van der Waals surface area contributed by atoms with Crippen molar-refractivity contribution in [2.45, 2.75) is 56.1 Å². The zero-order valence-corrected chi connectivity index (χ0v) is 27.8. The van der Waals surface area contributed by atoms with E-state index in [0.29, 0.717) is 52.1 Å². The molecule has 2 amide bonds. The number of anilines is 1. The molecule has 248 valence electrons. The zero-order chi connectivity index (χ0) is 32.6. The lowest BCUT2D eigenvalue weighted by atomic mass is 9.73. The molecule has 2 fully saturated rings. The van der Waals surface area contributed by atoms with Crippen LogP contribution in [0.1, 0.15) is 36.8 Å². The van der Waals surface area contributed by atoms with Crippen LogP contribution in [0.3, 0.4) is 0 Å². The zero-order valence-electron chi connectivity index (χ0n) is 26.2. The fraction of sp³-hybridized carbons (Fsp3) is 0.278. The third kappa shape index (κ3) is 8.74. The first-order valence-corrected chi connectivity index (χ1v) is 16.8. The van der Waals surface area contributed by atoms with Crippen LogP contribution in [0.15, 0.2) is 117 Å². The maximum Gasteiger partial charge on any atom is 0.228 e. The van der Waals surface area contributed by atoms with Crippen LogP contribution in [-0.4, -0.2) is 38.2 Å². The Morgan fingerprint density at radius 1 is 0.596 bits per heavy atom. The lowest BCUT2D eigenvalue weighted by Crippen LogP contribution is -2.45. The first kappa shape index (κ1) is 36.0. The highest BCUT2D eigenvalue weighted by molar-refractivity contribution is 7.99. The molecule has 8 nitrogen and oxygen atoms in total. The Balaban J connectivity index is 0.000000208. The Morgan fingerprint density at radius 3 is 1.36 bits per heavy atom. The number of primary amides is 2. The molecule has 2 aliphatic heterocycles. The van der Waals surface area contributed by atoms with E-state index in [9.17, 15) is 14.0 Å². The number of carbonyl (C=O) groups is 2. The van der Waals surface area contributed by atoms with Gasteiger partial charge in [0.1, 0.15) is 5.82 Å². The third-order valence-electron chi connectivity index (χ3n) is 8.57. The number of rotatable bonds is 8. The lowest BCUT2D eigenvalue weighted by molar-refractivity contribution is -0.127. The minimum atomic E-state index is -0.655. The molecule has 0 aliphatic carbocycles. The topological polar surface area (TPSA) is 166 Å². The Kier molecular flexibility index (Phi) is 12.5. The second-order valence-electron chi connectivity index (χ2n) is 11.4. The average Bonchev–Trinajstić information content (AvgIpc) is 3.08. The molecule has 11 heteroatoms. The maximum atomic E-state index is 13.0. The van der Waals surface area contributed by atoms with Crippen LogP contribution < -0.4 is 23.4 Å². The first-order chi connectivity index (χ1) is 22.2. The number of ether oxygens (including phenoxy) is 2. The van der Waals surface area contributed by atoms with Crippen LogP contribution in [0.5, 0.6) is 0 Å². The molecular formula is C36H41FN4O4S2. The van der Waals surface area contributed by atoms with Crippen LogP contribution in [0.25, 0.3) is 0 Å². The molecule has 0 aromatic heterocycles. The molecular weight excluding hydrogens is 636 g/mol. The predicted octanol–water partition coefficient (Wildman–Crippen LogP) is 6.63. The van der Waals surface area contributed by atoms with Gasteiger partial charge in [-0.3, -0.25) is 9.59 Å². The van der Waals surface area contributed by atoms with Gasteiger partial charge in [-0.2, -0.15) is 0 Å². The molecule has 0 bridgehead atoms. The van der Waals surface area contributed by atoms with Gasteiger partial charge in [0, 0.05) is 51.7 Å². The van der Waals surface area contributed by atoms with Crippen LogP contribution >= 0.6 is 23.5 Å². The summed E-state index contributed by atoms with van der Waals surface area (Å²) in [5.41, 5.74) is 18.6. The number of nitrogens with two attached hydrogens (primary N) is 3. The molecule has 6 rings (SSSR count). The summed E-state index contributed by atoms with van der Waals surface area (Å²) in [5.74, 6) is -0.821. The molecule has 0 spiro atoms. The number of carbonyl (C=O) groups excluding carboxylic acids is 2. The molecule has 0 saturated carbocycles. The van der Waals surface area contributed by atoms with E-state index >= 15 is 0 Å². The Bertz CT molecular complexity index is 1520. The van der Waals surface area contributed by atoms with E-state index in [2.05, 4.69) is 6.07 Å². The van der Waals surface area contributed by atoms with Crippen LogP contribution in [0.2, 0.25) is 0 Å². The number of amides is 2. The van der Waals surface area contributed by atoms with Crippen molar-refractivity contribution in [1.29, 1.82) is 0 Å². The number of hydrogen-bond acceptors (Lipinski definition) is 8. The minimum Gasteiger partial charge on any atom is -0.399 e. The predicted molar refractivity (Wildman–Crippen MR) is 185 cm³/mol. The molecule has 4 aromatic rings. The Morgan fingerprint density at radius 2 is 0.979 bits per heavy atom. The maximum absolute atomic E-state index is 13.0. The van der Waals surface area contributed by atoms with Gasteiger partial charge >= 0.3 is 0 Å². The van der Waals surface area contributed by atoms with Gasteiger partial charge in [-0.15, -0.1) is 0 Å². The van der Waals surface area contributed by atoms with E-state index in [4.69, 9.17) is 26.7 Å². The van der Waals surface area contributed by atoms with Crippen molar-refractivity contribution in [2.24, 2.45) is 11.5 Å². The molecule has 0 radical (unpaired) electrons. The van der Waals surface area contributed by atoms with Gasteiger partial charge in [0.15, 0.2) is 0 Å². The van der Waals surface area contributed by atoms with E-state index in [1.807, 2.05) is 66.7 Å². The fourth-order valence-corrected chi connectivity index (χ4v) is 7.57. The molecule has 47 heavy (non-hydrogen) atoms. The summed E-state index contributed by atoms with van der Waals surface area (Å²) in [6.45, 7) is 2.22. The van der Waals surface area contributed by atoms with Crippen molar-refractivity contribution < 1.29 is 23.5 Å². The third-order valence-corrected chi connectivity index (χ3v) is 10.6. The van der Waals surface area contributed by atoms with Gasteiger partial charge in [0.05, 0.1) is 10.8 Å². The molecule has 0 unspecified atom stereocenters. The van der Waals surface area contributed by atoms with Crippen LogP contribution in [0.4, 0.5) is 10.1 Å². The van der Waals surface area contributed by atoms with Gasteiger partial charge in [-0.25, -0.2) is 4.39 Å². The second kappa shape index (κ2) is 16.3. The van der Waals surface area contributed by atoms with Gasteiger partial charge < -0.3 is 32.8 Å². The Hall–Kier alpha value is -3.87. The quantitative estimate of drug-likeness (QED) is 0.151. The largest absolute Gasteiger partial charge is 0.399 e. The summed E-state index contributed by atoms with van der Waals surface area (Å²) in [7, 11) is 0. The fourth-order valence-electron chi connectivity index (χ4n) is 5.82. The highest BCUT2D eigenvalue weighted by Gasteiger charge is 2.41. The van der Waals surface area contributed by atoms with E-state index < -0.39 is 10.8 Å². The van der Waals surface area contributed by atoms with Gasteiger partial charge in [0.2, 0.25) is 11.8 Å². The summed E-state index contributed by atoms with van der Waals surface area (Å²) in [5, 5.41) is 0. The van der Waals surface area contributed by atoms with E-state index in [1.54, 1.807) is 23.9 Å². The van der Waals surface area contributed by atoms with Crippen molar-refractivity contribution in [3.05, 3.63) is 114 Å². The van der Waals surface area contributed by atoms with Gasteiger partial charge in [-0.1, -0.05) is 47.8 Å². The molecule has 4 aromatic carbocycles. The summed E-state index contributed by atoms with van der Waals surface area (Å²) in [4.78, 5) is 28.4. The highest BCUT2D eigenvalue weighted by Crippen LogP contribution is 2.39. The highest BCUT2D eigenvalue weighted by atomic mass is 32.2. The smallest absolute Gasteiger partial charge is 0.228 e. The van der Waals surface area contributed by atoms with Crippen LogP contribution in [-0.2, 0) is 29.9 Å². The molecule has 9 N–H and O–H groups in total. The molecule has 2 saturated heterocycles. The van der Waals surface area contributed by atoms with E-state index in [0.717, 1.165) is 36.4 Å². The summed E-state index contributed by atoms with van der Waals surface area (Å²) in [6, 6.07) is 30.1. The summed E-state index contributed by atoms with van der Waals surface area (Å²) < 4.78 is 23.8. The second-order valence-corrected chi connectivity index (χ2v) is 13.7. The van der Waals surface area contributed by atoms with Crippen molar-refractivity contribution in [1.82, 2.24) is 6.15 Å². The number of benzene rings is 4. The first-order valence-electron chi connectivity index (χ1n) is 15.1. The molecule has 0 atom stereocenters. The number of hydrogen-bond donors (Lipinski definition) is 4. The van der Waals surface area contributed by atoms with Crippen molar-refractivity contribution >= 4 is 41.0 Å². The SMILES string of the molecule is N.NC(=O)C1(c2cccc(Sc3ccc(F)cc3)c2)CCOCC1.NC(=O)C1(c2cccc(Sc3ccc(N)cc3)c2)CCOCC1.